The molecule has 6 nitrogen and oxygen atoms in total. The third-order valence-electron chi connectivity index (χ3n) is 3.24. The van der Waals surface area contributed by atoms with Crippen molar-refractivity contribution >= 4 is 23.3 Å². The smallest absolute Gasteiger partial charge is 0.333 e. The Labute approximate surface area is 121 Å². The van der Waals surface area contributed by atoms with Gasteiger partial charge < -0.3 is 5.73 Å². The number of rotatable bonds is 4. The van der Waals surface area contributed by atoms with Gasteiger partial charge in [0.25, 0.3) is 0 Å². The lowest BCUT2D eigenvalue weighted by molar-refractivity contribution is -0.384. The average Bonchev–Trinajstić information content (AvgIpc) is 2.73. The quantitative estimate of drug-likeness (QED) is 0.531. The van der Waals surface area contributed by atoms with E-state index in [1.807, 2.05) is 37.4 Å². The summed E-state index contributed by atoms with van der Waals surface area (Å²) in [5.41, 5.74) is 7.08. The molecular formula is C13H16N4O2S. The fraction of sp³-hybridized carbons (Fsp3) is 0.308. The second-order valence-corrected chi connectivity index (χ2v) is 5.35. The van der Waals surface area contributed by atoms with Crippen LogP contribution in [-0.4, -0.2) is 21.0 Å². The first-order valence-electron chi connectivity index (χ1n) is 6.08. The molecule has 20 heavy (non-hydrogen) atoms. The molecule has 0 bridgehead atoms. The summed E-state index contributed by atoms with van der Waals surface area (Å²) in [4.78, 5) is 11.6. The van der Waals surface area contributed by atoms with Crippen molar-refractivity contribution in [1.82, 2.24) is 9.78 Å². The lowest BCUT2D eigenvalue weighted by atomic mass is 10.1. The molecule has 0 fully saturated rings. The molecule has 0 amide bonds. The summed E-state index contributed by atoms with van der Waals surface area (Å²) >= 11 is 1.66. The second-order valence-electron chi connectivity index (χ2n) is 4.47. The van der Waals surface area contributed by atoms with Gasteiger partial charge in [0.2, 0.25) is 5.82 Å². The Kier molecular flexibility index (Phi) is 3.99. The number of aromatic nitrogens is 2. The van der Waals surface area contributed by atoms with E-state index in [0.717, 1.165) is 10.5 Å². The maximum absolute atomic E-state index is 11.0. The number of hydrogen-bond acceptors (Lipinski definition) is 5. The van der Waals surface area contributed by atoms with Crippen LogP contribution in [0.1, 0.15) is 24.2 Å². The van der Waals surface area contributed by atoms with Crippen LogP contribution in [0.15, 0.2) is 29.2 Å². The predicted molar refractivity (Wildman–Crippen MR) is 80.1 cm³/mol. The molecule has 0 radical (unpaired) electrons. The molecule has 0 saturated carbocycles. The molecule has 106 valence electrons. The molecule has 7 heteroatoms. The number of nitro groups is 1. The minimum Gasteiger partial charge on any atom is -0.378 e. The van der Waals surface area contributed by atoms with Gasteiger partial charge in [-0.25, -0.2) is 4.68 Å². The molecule has 2 aromatic rings. The summed E-state index contributed by atoms with van der Waals surface area (Å²) in [6.45, 7) is 3.51. The number of aryl methyl sites for hydroxylation is 1. The van der Waals surface area contributed by atoms with Gasteiger partial charge in [0, 0.05) is 4.90 Å². The van der Waals surface area contributed by atoms with Crippen molar-refractivity contribution in [2.75, 3.05) is 12.0 Å². The number of benzene rings is 1. The number of nitrogens with zero attached hydrogens (tertiary/aromatic N) is 3. The topological polar surface area (TPSA) is 87.0 Å². The second kappa shape index (κ2) is 5.54. The molecule has 0 spiro atoms. The third-order valence-corrected chi connectivity index (χ3v) is 3.98. The Morgan fingerprint density at radius 2 is 2.00 bits per heavy atom. The fourth-order valence-corrected chi connectivity index (χ4v) is 2.51. The molecule has 0 aliphatic heterocycles. The lowest BCUT2D eigenvalue weighted by Gasteiger charge is -2.14. The van der Waals surface area contributed by atoms with Gasteiger partial charge in [-0.3, -0.25) is 10.1 Å². The molecule has 0 saturated heterocycles. The zero-order chi connectivity index (χ0) is 14.9. The van der Waals surface area contributed by atoms with E-state index in [1.165, 1.54) is 4.68 Å². The van der Waals surface area contributed by atoms with Crippen LogP contribution in [0.3, 0.4) is 0 Å². The Morgan fingerprint density at radius 3 is 2.45 bits per heavy atom. The molecule has 0 aliphatic rings. The Balaban J connectivity index is 2.40. The summed E-state index contributed by atoms with van der Waals surface area (Å²) in [6, 6.07) is 7.84. The molecule has 1 aromatic heterocycles. The van der Waals surface area contributed by atoms with E-state index in [2.05, 4.69) is 5.10 Å². The Morgan fingerprint density at radius 1 is 1.40 bits per heavy atom. The van der Waals surface area contributed by atoms with Crippen molar-refractivity contribution in [1.29, 1.82) is 0 Å². The van der Waals surface area contributed by atoms with Crippen LogP contribution >= 0.6 is 11.8 Å². The molecular weight excluding hydrogens is 276 g/mol. The van der Waals surface area contributed by atoms with Crippen molar-refractivity contribution in [2.24, 2.45) is 0 Å². The predicted octanol–water partition coefficient (Wildman–Crippen LogP) is 3.01. The van der Waals surface area contributed by atoms with Crippen LogP contribution in [0.4, 0.5) is 11.5 Å². The van der Waals surface area contributed by atoms with Crippen LogP contribution in [0.25, 0.3) is 0 Å². The number of anilines is 1. The van der Waals surface area contributed by atoms with Crippen LogP contribution in [0.5, 0.6) is 0 Å². The highest BCUT2D eigenvalue weighted by Gasteiger charge is 2.25. The van der Waals surface area contributed by atoms with Crippen LogP contribution in [0, 0.1) is 17.0 Å². The van der Waals surface area contributed by atoms with E-state index in [4.69, 9.17) is 5.73 Å². The number of nitrogens with two attached hydrogens (primary N) is 1. The van der Waals surface area contributed by atoms with Gasteiger partial charge in [0.1, 0.15) is 5.69 Å². The lowest BCUT2D eigenvalue weighted by Crippen LogP contribution is -2.12. The van der Waals surface area contributed by atoms with E-state index in [0.29, 0.717) is 5.69 Å². The van der Waals surface area contributed by atoms with Crippen molar-refractivity contribution in [2.45, 2.75) is 24.8 Å². The summed E-state index contributed by atoms with van der Waals surface area (Å²) in [5.74, 6) is 0.0916. The maximum atomic E-state index is 11.0. The maximum Gasteiger partial charge on any atom is 0.333 e. The highest BCUT2D eigenvalue weighted by molar-refractivity contribution is 7.98. The van der Waals surface area contributed by atoms with Crippen molar-refractivity contribution in [3.05, 3.63) is 45.6 Å². The zero-order valence-electron chi connectivity index (χ0n) is 11.5. The van der Waals surface area contributed by atoms with Gasteiger partial charge in [-0.1, -0.05) is 12.1 Å². The first kappa shape index (κ1) is 14.4. The van der Waals surface area contributed by atoms with E-state index < -0.39 is 4.92 Å². The molecule has 2 rings (SSSR count). The number of nitrogen functional groups attached to an aromatic ring is 1. The largest absolute Gasteiger partial charge is 0.378 e. The first-order valence-corrected chi connectivity index (χ1v) is 7.31. The molecule has 1 heterocycles. The van der Waals surface area contributed by atoms with Crippen LogP contribution in [-0.2, 0) is 0 Å². The molecule has 1 unspecified atom stereocenters. The monoisotopic (exact) mass is 292 g/mol. The summed E-state index contributed by atoms with van der Waals surface area (Å²) in [7, 11) is 0. The number of thioether (sulfide) groups is 1. The van der Waals surface area contributed by atoms with E-state index in [-0.39, 0.29) is 17.5 Å². The van der Waals surface area contributed by atoms with Gasteiger partial charge >= 0.3 is 5.69 Å². The van der Waals surface area contributed by atoms with Gasteiger partial charge in [-0.15, -0.1) is 11.8 Å². The Hall–Kier alpha value is -2.02. The minimum atomic E-state index is -0.488. The fourth-order valence-electron chi connectivity index (χ4n) is 2.10. The normalized spacial score (nSPS) is 12.3. The summed E-state index contributed by atoms with van der Waals surface area (Å²) in [6.07, 6.45) is 2.01. The SMILES string of the molecule is CSc1ccc(C(C)n2nc(C)c([N+](=O)[O-])c2N)cc1. The third kappa shape index (κ3) is 2.49. The van der Waals surface area contributed by atoms with Crippen LogP contribution in [0.2, 0.25) is 0 Å². The van der Waals surface area contributed by atoms with Gasteiger partial charge in [0.15, 0.2) is 0 Å². The average molecular weight is 292 g/mol. The van der Waals surface area contributed by atoms with Crippen LogP contribution < -0.4 is 5.73 Å². The van der Waals surface area contributed by atoms with E-state index in [9.17, 15) is 10.1 Å². The summed E-state index contributed by atoms with van der Waals surface area (Å²) < 4.78 is 1.50. The number of hydrogen-bond donors (Lipinski definition) is 1. The van der Waals surface area contributed by atoms with Gasteiger partial charge in [0.05, 0.1) is 11.0 Å². The van der Waals surface area contributed by atoms with Crippen molar-refractivity contribution in [3.8, 4) is 0 Å². The van der Waals surface area contributed by atoms with E-state index >= 15 is 0 Å². The highest BCUT2D eigenvalue weighted by Crippen LogP contribution is 2.30. The molecule has 0 aliphatic carbocycles. The zero-order valence-corrected chi connectivity index (χ0v) is 12.3. The van der Waals surface area contributed by atoms with Crippen molar-refractivity contribution < 1.29 is 4.92 Å². The minimum absolute atomic E-state index is 0.0916. The van der Waals surface area contributed by atoms with Gasteiger partial charge in [-0.05, 0) is 37.8 Å². The standard InChI is InChI=1S/C13H16N4O2S/c1-8-12(17(18)19)13(14)16(15-8)9(2)10-4-6-11(20-3)7-5-10/h4-7,9H,14H2,1-3H3. The molecule has 1 atom stereocenters. The Bertz CT molecular complexity index is 637. The first-order chi connectivity index (χ1) is 9.45. The molecule has 2 N–H and O–H groups in total. The summed E-state index contributed by atoms with van der Waals surface area (Å²) in [5, 5.41) is 15.2. The highest BCUT2D eigenvalue weighted by atomic mass is 32.2. The molecule has 1 aromatic carbocycles. The van der Waals surface area contributed by atoms with E-state index in [1.54, 1.807) is 18.7 Å². The van der Waals surface area contributed by atoms with Crippen molar-refractivity contribution in [3.63, 3.8) is 0 Å². The van der Waals surface area contributed by atoms with Gasteiger partial charge in [-0.2, -0.15) is 5.10 Å².